The number of imide groups is 1. The van der Waals surface area contributed by atoms with Gasteiger partial charge < -0.3 is 109 Å². The molecule has 12 rings (SSSR count). The van der Waals surface area contributed by atoms with Crippen molar-refractivity contribution in [2.75, 3.05) is 125 Å². The number of methoxy groups -OCH3 is 1. The highest BCUT2D eigenvalue weighted by atomic mass is 35.5. The van der Waals surface area contributed by atoms with Crippen LogP contribution in [0, 0.1) is 18.7 Å². The predicted molar refractivity (Wildman–Crippen MR) is 493 cm³/mol. The van der Waals surface area contributed by atoms with Crippen molar-refractivity contribution in [1.29, 1.82) is 0 Å². The number of nitrogens with zero attached hydrogens (tertiary/aromatic N) is 10. The molecule has 5 aromatic carbocycles. The Labute approximate surface area is 797 Å². The number of rotatable bonds is 51. The first-order valence-electron chi connectivity index (χ1n) is 44.1. The van der Waals surface area contributed by atoms with Gasteiger partial charge in [-0.2, -0.15) is 13.1 Å². The fourth-order valence-electron chi connectivity index (χ4n) is 15.2. The minimum atomic E-state index is -4.42. The van der Waals surface area contributed by atoms with Crippen LogP contribution in [0.4, 0.5) is 19.7 Å². The van der Waals surface area contributed by atoms with E-state index in [9.17, 15) is 77.0 Å². The van der Waals surface area contributed by atoms with Crippen LogP contribution in [0.15, 0.2) is 140 Å². The molecule has 4 aromatic heterocycles. The summed E-state index contributed by atoms with van der Waals surface area (Å²) in [6.07, 6.45) is -5.23. The summed E-state index contributed by atoms with van der Waals surface area (Å²) in [5.41, 5.74) is 12.0. The number of urea groups is 1. The number of carbonyl (C=O) groups is 7. The fraction of sp³-hybridized carbons (Fsp3) is 0.440. The Bertz CT molecular complexity index is 5760. The van der Waals surface area contributed by atoms with Crippen molar-refractivity contribution in [3.63, 3.8) is 0 Å². The number of nitrogens with two attached hydrogens (primary N) is 1. The van der Waals surface area contributed by atoms with Crippen LogP contribution in [0.3, 0.4) is 0 Å². The molecule has 0 bridgehead atoms. The second-order valence-corrected chi connectivity index (χ2v) is 35.8. The van der Waals surface area contributed by atoms with Gasteiger partial charge in [-0.3, -0.25) is 33.8 Å². The number of hydrogen-bond acceptors (Lipinski definition) is 33. The quantitative estimate of drug-likeness (QED) is 0.0111. The number of nitrogens with one attached hydrogen (secondary N) is 6. The Morgan fingerprint density at radius 1 is 0.752 bits per heavy atom. The molecule has 137 heavy (non-hydrogen) atoms. The highest BCUT2D eigenvalue weighted by molar-refractivity contribution is 7.88. The van der Waals surface area contributed by atoms with E-state index in [0.717, 1.165) is 22.6 Å². The number of aromatic nitrogens is 7. The number of anilines is 1. The molecule has 3 aliphatic heterocycles. The summed E-state index contributed by atoms with van der Waals surface area (Å²) in [6, 6.07) is 28.2. The molecule has 2 fully saturated rings. The average Bonchev–Trinajstić information content (AvgIpc) is 1.60. The highest BCUT2D eigenvalue weighted by Crippen LogP contribution is 2.50. The van der Waals surface area contributed by atoms with Gasteiger partial charge in [0.2, 0.25) is 23.6 Å². The second kappa shape index (κ2) is 49.8. The Morgan fingerprint density at radius 3 is 2.25 bits per heavy atom. The summed E-state index contributed by atoms with van der Waals surface area (Å²) in [6.45, 7) is 7.23. The summed E-state index contributed by atoms with van der Waals surface area (Å²) in [4.78, 5) is 113. The molecule has 9 aromatic rings. The highest BCUT2D eigenvalue weighted by Gasteiger charge is 2.44. The van der Waals surface area contributed by atoms with E-state index in [4.69, 9.17) is 69.7 Å². The maximum atomic E-state index is 14.7. The molecule has 8 amide bonds. The van der Waals surface area contributed by atoms with E-state index in [1.165, 1.54) is 40.7 Å². The Balaban J connectivity index is 0.685. The van der Waals surface area contributed by atoms with Gasteiger partial charge in [-0.25, -0.2) is 43.3 Å². The number of carbonyl (C=O) groups excluding carboxylic acids is 7. The normalized spacial score (nSPS) is 17.3. The monoisotopic (exact) mass is 1960 g/mol. The van der Waals surface area contributed by atoms with Crippen LogP contribution in [0.1, 0.15) is 66.8 Å². The summed E-state index contributed by atoms with van der Waals surface area (Å²) in [5, 5.41) is 81.7. The van der Waals surface area contributed by atoms with Crippen molar-refractivity contribution in [1.82, 2.24) is 70.1 Å². The first kappa shape index (κ1) is 104. The zero-order valence-electron chi connectivity index (χ0n) is 75.8. The van der Waals surface area contributed by atoms with Crippen LogP contribution in [0.25, 0.3) is 43.2 Å². The van der Waals surface area contributed by atoms with Crippen LogP contribution in [-0.4, -0.2) is 304 Å². The first-order chi connectivity index (χ1) is 65.8. The van der Waals surface area contributed by atoms with Crippen molar-refractivity contribution in [2.24, 2.45) is 11.7 Å². The van der Waals surface area contributed by atoms with E-state index in [-0.39, 0.29) is 124 Å². The number of hydrogen-bond donors (Lipinski definition) is 13. The van der Waals surface area contributed by atoms with Crippen LogP contribution in [-0.2, 0) is 102 Å². The van der Waals surface area contributed by atoms with E-state index in [1.807, 2.05) is 43.3 Å². The van der Waals surface area contributed by atoms with E-state index in [2.05, 4.69) is 63.2 Å². The zero-order chi connectivity index (χ0) is 97.9. The zero-order valence-corrected chi connectivity index (χ0v) is 78.2. The molecule has 46 heteroatoms. The molecule has 0 aliphatic carbocycles. The molecule has 2 saturated heterocycles. The number of halogens is 2. The van der Waals surface area contributed by atoms with Crippen molar-refractivity contribution in [3.8, 4) is 56.1 Å². The fourth-order valence-corrected chi connectivity index (χ4v) is 17.3. The number of benzene rings is 5. The number of quaternary nitrogens is 1. The van der Waals surface area contributed by atoms with E-state index in [1.54, 1.807) is 92.5 Å². The number of amides is 8. The molecule has 0 saturated carbocycles. The van der Waals surface area contributed by atoms with E-state index >= 15 is 0 Å². The number of aliphatic hydroxyl groups is 6. The molecule has 14 N–H and O–H groups in total. The average molecular weight is 1960 g/mol. The molecule has 0 radical (unpaired) electrons. The SMILES string of the molecule is COc1ccccc1-c1nccc(COc2ccccc2C[C@@H](Oc2ncnc3sc(-c4ccc(F)cc4)c(-c4ccc(OCCN5CC[N+](C)(Cc6ccc(NC(=O)[C@H](CCCNC(N)=O)NC(=O)[C@@H](NC(=O)CCOCCN7C(=O)C=CC7=O)C(C)C)cc6COCc6cn(CCOC(=O)NS(=O)(=O)NCCOCCO[C@@H]7O[C@H](CO)[C@@H](O)[C@H](O)[C@H]7O)nn6)CC5)c(Cl)c4C)c23)C(O)O)n1. The van der Waals surface area contributed by atoms with Crippen LogP contribution >= 0.6 is 22.9 Å². The third-order valence-corrected chi connectivity index (χ3v) is 25.3. The number of thiophene rings is 1. The summed E-state index contributed by atoms with van der Waals surface area (Å²) < 4.78 is 104. The molecule has 8 atom stereocenters. The molecule has 0 spiro atoms. The first-order valence-corrected chi connectivity index (χ1v) is 46.8. The van der Waals surface area contributed by atoms with E-state index < -0.39 is 125 Å². The lowest BCUT2D eigenvalue weighted by molar-refractivity contribution is -0.926. The topological polar surface area (TPSA) is 554 Å². The molecular weight excluding hydrogens is 1850 g/mol. The van der Waals surface area contributed by atoms with Crippen molar-refractivity contribution < 1.29 is 129 Å². The van der Waals surface area contributed by atoms with Crippen molar-refractivity contribution >= 4 is 90.7 Å². The number of aliphatic hydroxyl groups excluding tert-OH is 5. The van der Waals surface area contributed by atoms with Gasteiger partial charge in [-0.05, 0) is 108 Å². The predicted octanol–water partition coefficient (Wildman–Crippen LogP) is 3.86. The third kappa shape index (κ3) is 29.3. The smallest absolute Gasteiger partial charge is 0.421 e. The molecule has 42 nitrogen and oxygen atoms in total. The third-order valence-electron chi connectivity index (χ3n) is 22.7. The van der Waals surface area contributed by atoms with Gasteiger partial charge in [0.1, 0.15) is 103 Å². The second-order valence-electron chi connectivity index (χ2n) is 32.9. The molecule has 3 aliphatic rings. The Morgan fingerprint density at radius 2 is 1.50 bits per heavy atom. The standard InChI is InChI=1S/C91H111ClFN17O25S2/c1-54(2)78(103-72(112)27-38-127-40-35-109-73(113)24-25-74(109)114)85(119)102-66(13-10-28-96-90(94)122)84(118)101-61-21-18-58(59(45-61)50-129-51-63-47-108(106-104-63)34-42-132-91(123)105-137(124,125)99-30-39-128-43-44-131-89-81(117)80(116)79(115)71(49-111)135-89)48-110(4)36-31-107(32-37-110)33-41-130-69-23-22-64(55(3)77(69)92)75-76-86(97-53-98-87(76)136-82(75)56-16-19-60(93)20-17-56)134-70(88(120)121)46-57-11-6-8-14-67(57)133-52-62-26-29-95-83(100-62)65-12-7-9-15-68(65)126-5/h6-9,11-12,14-26,29,45,47,53-54,66,70-71,78-81,88-89,99,111,115-117,120-121H,10,13,27-28,30-44,46,48-52H2,1-5H3,(H6-,94,96,101,102,103,105,112,118,119,122,123)/p+1/t66-,70+,71+,78-,79+,80-,81+,89+/m0/s1. The maximum Gasteiger partial charge on any atom is 0.421 e. The molecule has 0 unspecified atom stereocenters. The lowest BCUT2D eigenvalue weighted by Gasteiger charge is -2.42. The Kier molecular flexibility index (Phi) is 37.8. The van der Waals surface area contributed by atoms with Crippen molar-refractivity contribution in [2.45, 2.75) is 135 Å². The van der Waals surface area contributed by atoms with Gasteiger partial charge in [0.25, 0.3) is 11.8 Å². The minimum absolute atomic E-state index is 0.0148. The van der Waals surface area contributed by atoms with Crippen molar-refractivity contribution in [3.05, 3.63) is 185 Å². The van der Waals surface area contributed by atoms with Gasteiger partial charge in [-0.1, -0.05) is 85.3 Å². The van der Waals surface area contributed by atoms with Gasteiger partial charge in [-0.15, -0.1) is 16.4 Å². The minimum Gasteiger partial charge on any atom is -0.496 e. The number of para-hydroxylation sites is 2. The van der Waals surface area contributed by atoms with E-state index in [0.29, 0.717) is 143 Å². The number of primary amides is 1. The molecule has 736 valence electrons. The summed E-state index contributed by atoms with van der Waals surface area (Å²) in [7, 11) is -0.716. The number of likely N-dealkylation sites (N-methyl/N-ethyl adjacent to an activating group) is 1. The summed E-state index contributed by atoms with van der Waals surface area (Å²) >= 11 is 8.66. The largest absolute Gasteiger partial charge is 0.496 e. The van der Waals surface area contributed by atoms with Gasteiger partial charge in [0.15, 0.2) is 24.5 Å². The van der Waals surface area contributed by atoms with Crippen LogP contribution < -0.4 is 55.4 Å². The van der Waals surface area contributed by atoms with Crippen LogP contribution in [0.2, 0.25) is 5.02 Å². The lowest BCUT2D eigenvalue weighted by Crippen LogP contribution is -2.59. The van der Waals surface area contributed by atoms with Gasteiger partial charge in [0, 0.05) is 85.6 Å². The van der Waals surface area contributed by atoms with Gasteiger partial charge >= 0.3 is 22.3 Å². The molecular formula is C91H112ClFN17O25S2+. The number of fused-ring (bicyclic) bond motifs is 1. The van der Waals surface area contributed by atoms with Crippen LogP contribution in [0.5, 0.6) is 23.1 Å². The lowest BCUT2D eigenvalue weighted by atomic mass is 9.96. The number of ether oxygens (including phenoxy) is 10. The Hall–Kier alpha value is -12.0. The summed E-state index contributed by atoms with van der Waals surface area (Å²) in [5.74, 6) is -1.77. The maximum absolute atomic E-state index is 14.7. The number of piperazine rings is 1. The molecule has 7 heterocycles. The van der Waals surface area contributed by atoms with Gasteiger partial charge in [0.05, 0.1) is 121 Å².